The molecule has 0 aliphatic heterocycles. The van der Waals surface area contributed by atoms with Crippen molar-refractivity contribution < 1.29 is 4.39 Å². The first-order valence-corrected chi connectivity index (χ1v) is 8.40. The van der Waals surface area contributed by atoms with Crippen molar-refractivity contribution in [3.8, 4) is 10.4 Å². The third-order valence-corrected chi connectivity index (χ3v) is 5.11. The Morgan fingerprint density at radius 3 is 2.45 bits per heavy atom. The fourth-order valence-electron chi connectivity index (χ4n) is 2.57. The normalized spacial score (nSPS) is 10.9. The highest BCUT2D eigenvalue weighted by molar-refractivity contribution is 7.15. The Morgan fingerprint density at radius 2 is 1.73 bits per heavy atom. The second kappa shape index (κ2) is 6.45. The molecule has 22 heavy (non-hydrogen) atoms. The lowest BCUT2D eigenvalue weighted by Gasteiger charge is -2.07. The van der Waals surface area contributed by atoms with Gasteiger partial charge < -0.3 is 0 Å². The zero-order chi connectivity index (χ0) is 15.5. The smallest absolute Gasteiger partial charge is 0.123 e. The van der Waals surface area contributed by atoms with E-state index in [9.17, 15) is 4.39 Å². The monoisotopic (exact) mass is 310 g/mol. The van der Waals surface area contributed by atoms with Gasteiger partial charge in [-0.2, -0.15) is 0 Å². The van der Waals surface area contributed by atoms with Crippen molar-refractivity contribution >= 4 is 11.3 Å². The van der Waals surface area contributed by atoms with Crippen LogP contribution >= 0.6 is 11.3 Å². The van der Waals surface area contributed by atoms with Crippen molar-refractivity contribution in [1.82, 2.24) is 0 Å². The van der Waals surface area contributed by atoms with Gasteiger partial charge >= 0.3 is 0 Å². The number of rotatable bonds is 4. The van der Waals surface area contributed by atoms with Crippen molar-refractivity contribution in [2.75, 3.05) is 0 Å². The minimum atomic E-state index is -0.187. The highest BCUT2D eigenvalue weighted by Gasteiger charge is 2.06. The van der Waals surface area contributed by atoms with Gasteiger partial charge in [-0.1, -0.05) is 37.3 Å². The Balaban J connectivity index is 1.84. The van der Waals surface area contributed by atoms with Crippen LogP contribution in [0.25, 0.3) is 10.4 Å². The van der Waals surface area contributed by atoms with Gasteiger partial charge in [0.25, 0.3) is 0 Å². The summed E-state index contributed by atoms with van der Waals surface area (Å²) in [7, 11) is 0. The maximum atomic E-state index is 13.0. The summed E-state index contributed by atoms with van der Waals surface area (Å²) in [6.45, 7) is 4.36. The molecule has 0 aliphatic carbocycles. The topological polar surface area (TPSA) is 0 Å². The van der Waals surface area contributed by atoms with E-state index in [1.165, 1.54) is 38.6 Å². The fraction of sp³-hybridized carbons (Fsp3) is 0.200. The van der Waals surface area contributed by atoms with Crippen molar-refractivity contribution in [2.45, 2.75) is 26.7 Å². The van der Waals surface area contributed by atoms with E-state index in [2.05, 4.69) is 44.2 Å². The first kappa shape index (κ1) is 15.0. The quantitative estimate of drug-likeness (QED) is 0.553. The van der Waals surface area contributed by atoms with E-state index < -0.39 is 0 Å². The summed E-state index contributed by atoms with van der Waals surface area (Å²) in [6, 6.07) is 17.8. The zero-order valence-corrected chi connectivity index (χ0v) is 13.7. The Kier molecular flexibility index (Phi) is 4.39. The summed E-state index contributed by atoms with van der Waals surface area (Å²) >= 11 is 1.79. The van der Waals surface area contributed by atoms with Gasteiger partial charge in [0, 0.05) is 16.2 Å². The van der Waals surface area contributed by atoms with E-state index in [-0.39, 0.29) is 5.82 Å². The molecule has 0 amide bonds. The Morgan fingerprint density at radius 1 is 0.955 bits per heavy atom. The largest absolute Gasteiger partial charge is 0.207 e. The molecule has 0 atom stereocenters. The molecule has 3 aromatic rings. The molecule has 2 aromatic carbocycles. The number of thiophene rings is 1. The van der Waals surface area contributed by atoms with E-state index in [0.717, 1.165) is 18.4 Å². The van der Waals surface area contributed by atoms with Gasteiger partial charge in [-0.15, -0.1) is 11.3 Å². The second-order valence-corrected chi connectivity index (χ2v) is 6.73. The molecule has 0 bridgehead atoms. The molecule has 0 saturated heterocycles. The molecule has 1 heterocycles. The van der Waals surface area contributed by atoms with Crippen LogP contribution in [-0.2, 0) is 12.8 Å². The summed E-state index contributed by atoms with van der Waals surface area (Å²) in [5.74, 6) is -0.187. The first-order valence-electron chi connectivity index (χ1n) is 7.59. The summed E-state index contributed by atoms with van der Waals surface area (Å²) in [5, 5.41) is 0. The lowest BCUT2D eigenvalue weighted by atomic mass is 10.0. The van der Waals surface area contributed by atoms with Gasteiger partial charge in [-0.3, -0.25) is 0 Å². The third kappa shape index (κ3) is 3.28. The molecule has 0 unspecified atom stereocenters. The van der Waals surface area contributed by atoms with Gasteiger partial charge in [0.15, 0.2) is 0 Å². The minimum absolute atomic E-state index is 0.187. The molecule has 0 aliphatic rings. The molecule has 2 heteroatoms. The number of halogens is 1. The van der Waals surface area contributed by atoms with Crippen LogP contribution in [0.2, 0.25) is 0 Å². The van der Waals surface area contributed by atoms with Gasteiger partial charge in [-0.25, -0.2) is 4.39 Å². The molecule has 3 rings (SSSR count). The summed E-state index contributed by atoms with van der Waals surface area (Å²) < 4.78 is 13.0. The van der Waals surface area contributed by atoms with E-state index in [1.807, 2.05) is 12.1 Å². The average Bonchev–Trinajstić information content (AvgIpc) is 2.99. The van der Waals surface area contributed by atoms with Crippen LogP contribution in [0, 0.1) is 12.7 Å². The van der Waals surface area contributed by atoms with Crippen LogP contribution in [-0.4, -0.2) is 0 Å². The molecule has 0 spiro atoms. The van der Waals surface area contributed by atoms with Crippen LogP contribution in [0.1, 0.15) is 28.5 Å². The third-order valence-electron chi connectivity index (χ3n) is 3.98. The highest BCUT2D eigenvalue weighted by atomic mass is 32.1. The van der Waals surface area contributed by atoms with Crippen LogP contribution in [0.4, 0.5) is 4.39 Å². The fourth-order valence-corrected chi connectivity index (χ4v) is 3.60. The maximum Gasteiger partial charge on any atom is 0.123 e. The van der Waals surface area contributed by atoms with E-state index in [4.69, 9.17) is 0 Å². The number of hydrogen-bond donors (Lipinski definition) is 0. The number of hydrogen-bond acceptors (Lipinski definition) is 1. The van der Waals surface area contributed by atoms with Crippen LogP contribution < -0.4 is 0 Å². The second-order valence-electron chi connectivity index (χ2n) is 5.56. The predicted molar refractivity (Wildman–Crippen MR) is 93.1 cm³/mol. The Bertz CT molecular complexity index is 769. The van der Waals surface area contributed by atoms with Gasteiger partial charge in [0.1, 0.15) is 5.82 Å². The van der Waals surface area contributed by atoms with Gasteiger partial charge in [0.05, 0.1) is 0 Å². The lowest BCUT2D eigenvalue weighted by molar-refractivity contribution is 0.628. The van der Waals surface area contributed by atoms with Crippen molar-refractivity contribution in [1.29, 1.82) is 0 Å². The van der Waals surface area contributed by atoms with Crippen molar-refractivity contribution in [3.63, 3.8) is 0 Å². The first-order chi connectivity index (χ1) is 10.7. The van der Waals surface area contributed by atoms with E-state index in [1.54, 1.807) is 11.3 Å². The predicted octanol–water partition coefficient (Wildman–Crippen LogP) is 6.02. The van der Waals surface area contributed by atoms with Crippen LogP contribution in [0.15, 0.2) is 54.6 Å². The Hall–Kier alpha value is -1.93. The SMILES string of the molecule is CCc1ccc(C)c(Cc2ccc(-c3ccc(F)cc3)s2)c1. The molecule has 0 radical (unpaired) electrons. The zero-order valence-electron chi connectivity index (χ0n) is 12.9. The minimum Gasteiger partial charge on any atom is -0.207 e. The van der Waals surface area contributed by atoms with E-state index in [0.29, 0.717) is 0 Å². The molecule has 0 N–H and O–H groups in total. The Labute approximate surface area is 135 Å². The number of aryl methyl sites for hydroxylation is 2. The number of benzene rings is 2. The molecule has 0 nitrogen and oxygen atoms in total. The maximum absolute atomic E-state index is 13.0. The van der Waals surface area contributed by atoms with Crippen molar-refractivity contribution in [3.05, 3.63) is 82.0 Å². The van der Waals surface area contributed by atoms with Gasteiger partial charge in [-0.05, 0) is 59.9 Å². The summed E-state index contributed by atoms with van der Waals surface area (Å²) in [4.78, 5) is 2.54. The summed E-state index contributed by atoms with van der Waals surface area (Å²) in [5.41, 5.74) is 5.20. The summed E-state index contributed by atoms with van der Waals surface area (Å²) in [6.07, 6.45) is 2.03. The standard InChI is InChI=1S/C20H19FS/c1-3-15-5-4-14(2)17(12-15)13-19-10-11-20(22-19)16-6-8-18(21)9-7-16/h4-12H,3,13H2,1-2H3. The van der Waals surface area contributed by atoms with Crippen molar-refractivity contribution in [2.24, 2.45) is 0 Å². The van der Waals surface area contributed by atoms with Crippen LogP contribution in [0.5, 0.6) is 0 Å². The molecule has 0 saturated carbocycles. The van der Waals surface area contributed by atoms with Crippen LogP contribution in [0.3, 0.4) is 0 Å². The highest BCUT2D eigenvalue weighted by Crippen LogP contribution is 2.30. The van der Waals surface area contributed by atoms with E-state index >= 15 is 0 Å². The molecule has 1 aromatic heterocycles. The molecular formula is C20H19FS. The van der Waals surface area contributed by atoms with Gasteiger partial charge in [0.2, 0.25) is 0 Å². The molecule has 112 valence electrons. The lowest BCUT2D eigenvalue weighted by Crippen LogP contribution is -1.92. The average molecular weight is 310 g/mol. The molecular weight excluding hydrogens is 291 g/mol. The molecule has 0 fully saturated rings.